The number of nitrogens with two attached hydrogens (primary N) is 1. The predicted octanol–water partition coefficient (Wildman–Crippen LogP) is 1.74. The summed E-state index contributed by atoms with van der Waals surface area (Å²) >= 11 is 1.56. The molecule has 1 aromatic carbocycles. The van der Waals surface area contributed by atoms with Crippen LogP contribution >= 0.6 is 11.3 Å². The number of nitrogen functional groups attached to an aromatic ring is 1. The maximum absolute atomic E-state index is 12.5. The minimum atomic E-state index is -0.108. The Balaban J connectivity index is 1.81. The van der Waals surface area contributed by atoms with Gasteiger partial charge in [-0.15, -0.1) is 11.3 Å². The van der Waals surface area contributed by atoms with Crippen LogP contribution in [0, 0.1) is 0 Å². The molecule has 104 valence electrons. The first-order valence-electron chi connectivity index (χ1n) is 6.36. The van der Waals surface area contributed by atoms with Crippen LogP contribution in [-0.2, 0) is 6.54 Å². The lowest BCUT2D eigenvalue weighted by molar-refractivity contribution is 0.734. The molecule has 3 aromatic heterocycles. The van der Waals surface area contributed by atoms with E-state index < -0.39 is 0 Å². The summed E-state index contributed by atoms with van der Waals surface area (Å²) in [6, 6.07) is 5.15. The SMILES string of the molecule is Nc1ccc2ncn(Cc3cn4ccsc4n3)c(=O)c2c1. The monoisotopic (exact) mass is 297 g/mol. The Bertz CT molecular complexity index is 984. The fourth-order valence-corrected chi connectivity index (χ4v) is 3.03. The van der Waals surface area contributed by atoms with E-state index in [0.29, 0.717) is 23.1 Å². The molecule has 0 saturated carbocycles. The third kappa shape index (κ3) is 1.98. The number of fused-ring (bicyclic) bond motifs is 2. The van der Waals surface area contributed by atoms with Gasteiger partial charge in [-0.25, -0.2) is 9.97 Å². The molecule has 0 spiro atoms. The van der Waals surface area contributed by atoms with Crippen molar-refractivity contribution in [3.63, 3.8) is 0 Å². The minimum absolute atomic E-state index is 0.108. The molecule has 3 heterocycles. The number of benzene rings is 1. The van der Waals surface area contributed by atoms with Gasteiger partial charge >= 0.3 is 0 Å². The second kappa shape index (κ2) is 4.42. The molecule has 0 aliphatic rings. The number of nitrogens with zero attached hydrogens (tertiary/aromatic N) is 4. The van der Waals surface area contributed by atoms with Crippen LogP contribution < -0.4 is 11.3 Å². The van der Waals surface area contributed by atoms with Crippen LogP contribution in [-0.4, -0.2) is 18.9 Å². The molecule has 2 N–H and O–H groups in total. The Morgan fingerprint density at radius 3 is 3.10 bits per heavy atom. The van der Waals surface area contributed by atoms with Crippen molar-refractivity contribution >= 4 is 32.9 Å². The number of aromatic nitrogens is 4. The summed E-state index contributed by atoms with van der Waals surface area (Å²) in [5.74, 6) is 0. The van der Waals surface area contributed by atoms with E-state index in [1.54, 1.807) is 40.4 Å². The van der Waals surface area contributed by atoms with Crippen LogP contribution in [0.3, 0.4) is 0 Å². The first kappa shape index (κ1) is 12.1. The Morgan fingerprint density at radius 2 is 2.24 bits per heavy atom. The fraction of sp³-hybridized carbons (Fsp3) is 0.0714. The normalized spacial score (nSPS) is 11.4. The van der Waals surface area contributed by atoms with Crippen molar-refractivity contribution in [1.29, 1.82) is 0 Å². The van der Waals surface area contributed by atoms with Crippen molar-refractivity contribution in [3.8, 4) is 0 Å². The minimum Gasteiger partial charge on any atom is -0.399 e. The summed E-state index contributed by atoms with van der Waals surface area (Å²) in [7, 11) is 0. The Kier molecular flexibility index (Phi) is 2.55. The van der Waals surface area contributed by atoms with Gasteiger partial charge in [0.15, 0.2) is 4.96 Å². The molecule has 0 saturated heterocycles. The molecule has 6 nitrogen and oxygen atoms in total. The second-order valence-electron chi connectivity index (χ2n) is 4.78. The van der Waals surface area contributed by atoms with E-state index in [-0.39, 0.29) is 5.56 Å². The summed E-state index contributed by atoms with van der Waals surface area (Å²) in [4.78, 5) is 22.2. The number of imidazole rings is 1. The lowest BCUT2D eigenvalue weighted by atomic mass is 10.2. The standard InChI is InChI=1S/C14H11N5OS/c15-9-1-2-12-11(5-9)13(20)19(8-16-12)7-10-6-18-3-4-21-14(18)17-10/h1-6,8H,7,15H2. The zero-order chi connectivity index (χ0) is 14.4. The molecule has 0 bridgehead atoms. The van der Waals surface area contributed by atoms with Crippen LogP contribution in [0.2, 0.25) is 0 Å². The highest BCUT2D eigenvalue weighted by Crippen LogP contribution is 2.13. The number of rotatable bonds is 2. The molecule has 0 amide bonds. The van der Waals surface area contributed by atoms with Gasteiger partial charge in [0.05, 0.1) is 29.5 Å². The Hall–Kier alpha value is -2.67. The van der Waals surface area contributed by atoms with E-state index in [9.17, 15) is 4.79 Å². The highest BCUT2D eigenvalue weighted by molar-refractivity contribution is 7.15. The highest BCUT2D eigenvalue weighted by atomic mass is 32.1. The third-order valence-electron chi connectivity index (χ3n) is 3.32. The van der Waals surface area contributed by atoms with Crippen molar-refractivity contribution < 1.29 is 0 Å². The molecule has 4 aromatic rings. The van der Waals surface area contributed by atoms with Crippen LogP contribution in [0.4, 0.5) is 5.69 Å². The van der Waals surface area contributed by atoms with Gasteiger partial charge < -0.3 is 5.73 Å². The molecule has 0 radical (unpaired) electrons. The summed E-state index contributed by atoms with van der Waals surface area (Å²) < 4.78 is 3.49. The molecule has 21 heavy (non-hydrogen) atoms. The maximum Gasteiger partial charge on any atom is 0.261 e. The van der Waals surface area contributed by atoms with E-state index in [4.69, 9.17) is 5.73 Å². The zero-order valence-corrected chi connectivity index (χ0v) is 11.7. The van der Waals surface area contributed by atoms with E-state index in [1.807, 2.05) is 22.2 Å². The van der Waals surface area contributed by atoms with Gasteiger partial charge in [0.1, 0.15) is 0 Å². The maximum atomic E-state index is 12.5. The van der Waals surface area contributed by atoms with Crippen LogP contribution in [0.5, 0.6) is 0 Å². The van der Waals surface area contributed by atoms with Crippen molar-refractivity contribution in [1.82, 2.24) is 18.9 Å². The first-order valence-corrected chi connectivity index (χ1v) is 7.24. The molecule has 7 heteroatoms. The van der Waals surface area contributed by atoms with Crippen molar-refractivity contribution in [2.45, 2.75) is 6.54 Å². The average molecular weight is 297 g/mol. The largest absolute Gasteiger partial charge is 0.399 e. The fourth-order valence-electron chi connectivity index (χ4n) is 2.32. The number of thiazole rings is 1. The van der Waals surface area contributed by atoms with Crippen LogP contribution in [0.15, 0.2) is 47.1 Å². The summed E-state index contributed by atoms with van der Waals surface area (Å²) in [6.45, 7) is 0.394. The van der Waals surface area contributed by atoms with Gasteiger partial charge in [-0.05, 0) is 18.2 Å². The van der Waals surface area contributed by atoms with Crippen molar-refractivity contribution in [2.24, 2.45) is 0 Å². The molecule has 0 atom stereocenters. The van der Waals surface area contributed by atoms with Gasteiger partial charge in [-0.3, -0.25) is 13.8 Å². The van der Waals surface area contributed by atoms with E-state index in [0.717, 1.165) is 10.7 Å². The van der Waals surface area contributed by atoms with Gasteiger partial charge in [0.2, 0.25) is 0 Å². The summed E-state index contributed by atoms with van der Waals surface area (Å²) in [6.07, 6.45) is 5.41. The van der Waals surface area contributed by atoms with E-state index >= 15 is 0 Å². The number of hydrogen-bond acceptors (Lipinski definition) is 5. The lowest BCUT2D eigenvalue weighted by Gasteiger charge is -2.05. The number of hydrogen-bond donors (Lipinski definition) is 1. The topological polar surface area (TPSA) is 78.2 Å². The van der Waals surface area contributed by atoms with E-state index in [2.05, 4.69) is 9.97 Å². The molecule has 0 fully saturated rings. The molecule has 0 unspecified atom stereocenters. The third-order valence-corrected chi connectivity index (χ3v) is 4.09. The lowest BCUT2D eigenvalue weighted by Crippen LogP contribution is -2.21. The average Bonchev–Trinajstić information content (AvgIpc) is 3.03. The van der Waals surface area contributed by atoms with Crippen molar-refractivity contribution in [2.75, 3.05) is 5.73 Å². The molecule has 0 aliphatic heterocycles. The van der Waals surface area contributed by atoms with Crippen LogP contribution in [0.1, 0.15) is 5.69 Å². The smallest absolute Gasteiger partial charge is 0.261 e. The molecular weight excluding hydrogens is 286 g/mol. The van der Waals surface area contributed by atoms with Crippen LogP contribution in [0.25, 0.3) is 15.9 Å². The Labute approximate surface area is 123 Å². The molecule has 0 aliphatic carbocycles. The summed E-state index contributed by atoms with van der Waals surface area (Å²) in [5.41, 5.74) is 7.67. The summed E-state index contributed by atoms with van der Waals surface area (Å²) in [5, 5.41) is 2.50. The van der Waals surface area contributed by atoms with Crippen molar-refractivity contribution in [3.05, 3.63) is 58.3 Å². The molecule has 4 rings (SSSR count). The molecular formula is C14H11N5OS. The van der Waals surface area contributed by atoms with Gasteiger partial charge in [0, 0.05) is 23.5 Å². The van der Waals surface area contributed by atoms with Gasteiger partial charge in [-0.1, -0.05) is 0 Å². The van der Waals surface area contributed by atoms with Gasteiger partial charge in [-0.2, -0.15) is 0 Å². The number of anilines is 1. The highest BCUT2D eigenvalue weighted by Gasteiger charge is 2.08. The zero-order valence-electron chi connectivity index (χ0n) is 10.9. The predicted molar refractivity (Wildman–Crippen MR) is 82.6 cm³/mol. The second-order valence-corrected chi connectivity index (χ2v) is 5.65. The quantitative estimate of drug-likeness (QED) is 0.572. The van der Waals surface area contributed by atoms with Gasteiger partial charge in [0.25, 0.3) is 5.56 Å². The Morgan fingerprint density at radius 1 is 1.33 bits per heavy atom. The first-order chi connectivity index (χ1) is 10.2. The van der Waals surface area contributed by atoms with E-state index in [1.165, 1.54) is 0 Å².